The second-order valence-electron chi connectivity index (χ2n) is 6.64. The Bertz CT molecular complexity index is 743. The summed E-state index contributed by atoms with van der Waals surface area (Å²) in [6.07, 6.45) is 1.55. The number of rotatable bonds is 7. The summed E-state index contributed by atoms with van der Waals surface area (Å²) in [6.45, 7) is 5.30. The zero-order chi connectivity index (χ0) is 18.7. The first-order valence-corrected chi connectivity index (χ1v) is 9.65. The molecule has 1 aromatic rings. The maximum atomic E-state index is 12.8. The first kappa shape index (κ1) is 22.8. The van der Waals surface area contributed by atoms with Crippen molar-refractivity contribution >= 4 is 28.1 Å². The van der Waals surface area contributed by atoms with E-state index in [1.165, 1.54) is 6.92 Å². The van der Waals surface area contributed by atoms with E-state index in [9.17, 15) is 18.5 Å². The van der Waals surface area contributed by atoms with Crippen LogP contribution in [0.1, 0.15) is 24.0 Å². The predicted molar refractivity (Wildman–Crippen MR) is 101 cm³/mol. The van der Waals surface area contributed by atoms with E-state index in [1.54, 1.807) is 26.2 Å². The first-order chi connectivity index (χ1) is 11.7. The van der Waals surface area contributed by atoms with E-state index in [0.29, 0.717) is 17.7 Å². The summed E-state index contributed by atoms with van der Waals surface area (Å²) in [5.41, 5.74) is 0.0125. The molecule has 26 heavy (non-hydrogen) atoms. The summed E-state index contributed by atoms with van der Waals surface area (Å²) in [6, 6.07) is 3.15. The van der Waals surface area contributed by atoms with E-state index in [4.69, 9.17) is 4.74 Å². The Labute approximate surface area is 160 Å². The van der Waals surface area contributed by atoms with E-state index in [0.717, 1.165) is 25.9 Å². The highest BCUT2D eigenvalue weighted by Crippen LogP contribution is 2.32. The average Bonchev–Trinajstić information content (AvgIpc) is 2.56. The average molecular weight is 408 g/mol. The summed E-state index contributed by atoms with van der Waals surface area (Å²) in [5.74, 6) is 0. The van der Waals surface area contributed by atoms with Crippen LogP contribution in [-0.2, 0) is 14.8 Å². The van der Waals surface area contributed by atoms with Crippen molar-refractivity contribution in [2.45, 2.75) is 31.6 Å². The Morgan fingerprint density at radius 3 is 2.38 bits per heavy atom. The topological polar surface area (TPSA) is 111 Å². The highest BCUT2D eigenvalue weighted by atomic mass is 35.5. The van der Waals surface area contributed by atoms with Crippen LogP contribution in [0.25, 0.3) is 0 Å². The summed E-state index contributed by atoms with van der Waals surface area (Å²) >= 11 is 0. The largest absolute Gasteiger partial charge is 0.384 e. The number of nitro benzene ring substituents is 1. The molecule has 0 bridgehead atoms. The number of hydrogen-bond acceptors (Lipinski definition) is 6. The van der Waals surface area contributed by atoms with Crippen molar-refractivity contribution < 1.29 is 18.1 Å². The van der Waals surface area contributed by atoms with E-state index in [2.05, 4.69) is 10.0 Å². The Morgan fingerprint density at radius 2 is 1.85 bits per heavy atom. The Hall–Kier alpha value is -1.26. The van der Waals surface area contributed by atoms with Gasteiger partial charge >= 0.3 is 0 Å². The summed E-state index contributed by atoms with van der Waals surface area (Å²) < 4.78 is 33.6. The standard InChI is InChI=1S/C16H25N3O5S.ClH/c1-12-4-5-13(2)15(14(12)19(20)21)25(22,23)18-10-16(11-24-3)6-8-17-9-7-16;/h4-5,17-18H,6-11H2,1-3H3;1H. The molecule has 148 valence electrons. The minimum Gasteiger partial charge on any atom is -0.384 e. The molecule has 1 fully saturated rings. The molecule has 1 aliphatic rings. The van der Waals surface area contributed by atoms with Gasteiger partial charge in [0.2, 0.25) is 10.0 Å². The van der Waals surface area contributed by atoms with Crippen LogP contribution in [0.15, 0.2) is 17.0 Å². The van der Waals surface area contributed by atoms with Gasteiger partial charge in [0.05, 0.1) is 11.5 Å². The van der Waals surface area contributed by atoms with Crippen molar-refractivity contribution in [2.75, 3.05) is 33.4 Å². The van der Waals surface area contributed by atoms with Gasteiger partial charge in [-0.3, -0.25) is 10.1 Å². The van der Waals surface area contributed by atoms with Gasteiger partial charge in [0.25, 0.3) is 5.69 Å². The molecule has 10 heteroatoms. The van der Waals surface area contributed by atoms with Crippen molar-refractivity contribution in [1.82, 2.24) is 10.0 Å². The third-order valence-electron chi connectivity index (χ3n) is 4.73. The highest BCUT2D eigenvalue weighted by Gasteiger charge is 2.36. The van der Waals surface area contributed by atoms with Crippen LogP contribution in [0, 0.1) is 29.4 Å². The quantitative estimate of drug-likeness (QED) is 0.527. The molecule has 2 rings (SSSR count). The maximum absolute atomic E-state index is 12.8. The van der Waals surface area contributed by atoms with E-state index in [-0.39, 0.29) is 34.9 Å². The SMILES string of the molecule is COCC1(CNS(=O)(=O)c2c(C)ccc(C)c2[N+](=O)[O-])CCNCC1.Cl. The fourth-order valence-corrected chi connectivity index (χ4v) is 4.91. The zero-order valence-electron chi connectivity index (χ0n) is 15.2. The van der Waals surface area contributed by atoms with Gasteiger partial charge in [-0.1, -0.05) is 12.1 Å². The van der Waals surface area contributed by atoms with Crippen LogP contribution in [0.3, 0.4) is 0 Å². The molecule has 8 nitrogen and oxygen atoms in total. The van der Waals surface area contributed by atoms with Crippen LogP contribution < -0.4 is 10.0 Å². The van der Waals surface area contributed by atoms with Gasteiger partial charge in [-0.05, 0) is 45.3 Å². The van der Waals surface area contributed by atoms with Gasteiger partial charge in [0.1, 0.15) is 0 Å². The number of methoxy groups -OCH3 is 1. The van der Waals surface area contributed by atoms with Crippen LogP contribution in [0.2, 0.25) is 0 Å². The smallest absolute Gasteiger partial charge is 0.292 e. The second kappa shape index (κ2) is 9.09. The third-order valence-corrected chi connectivity index (χ3v) is 6.31. The van der Waals surface area contributed by atoms with Crippen LogP contribution in [-0.4, -0.2) is 46.7 Å². The van der Waals surface area contributed by atoms with Crippen LogP contribution >= 0.6 is 12.4 Å². The summed E-state index contributed by atoms with van der Waals surface area (Å²) in [4.78, 5) is 10.5. The molecule has 0 spiro atoms. The molecule has 2 N–H and O–H groups in total. The lowest BCUT2D eigenvalue weighted by atomic mass is 9.80. The van der Waals surface area contributed by atoms with E-state index >= 15 is 0 Å². The molecule has 1 aromatic carbocycles. The van der Waals surface area contributed by atoms with Gasteiger partial charge in [-0.15, -0.1) is 12.4 Å². The van der Waals surface area contributed by atoms with Gasteiger partial charge in [0, 0.05) is 24.6 Å². The van der Waals surface area contributed by atoms with Crippen molar-refractivity contribution in [1.29, 1.82) is 0 Å². The van der Waals surface area contributed by atoms with Crippen LogP contribution in [0.4, 0.5) is 5.69 Å². The second-order valence-corrected chi connectivity index (χ2v) is 8.35. The van der Waals surface area contributed by atoms with E-state index in [1.807, 2.05) is 0 Å². The number of sulfonamides is 1. The molecular weight excluding hydrogens is 382 g/mol. The maximum Gasteiger partial charge on any atom is 0.292 e. The normalized spacial score (nSPS) is 16.7. The van der Waals surface area contributed by atoms with Gasteiger partial charge < -0.3 is 10.1 Å². The van der Waals surface area contributed by atoms with E-state index < -0.39 is 14.9 Å². The molecule has 0 aliphatic carbocycles. The zero-order valence-corrected chi connectivity index (χ0v) is 16.8. The minimum atomic E-state index is -4.01. The number of halogens is 1. The Balaban J connectivity index is 0.00000338. The lowest BCUT2D eigenvalue weighted by Gasteiger charge is -2.37. The summed E-state index contributed by atoms with van der Waals surface area (Å²) in [5, 5.41) is 14.6. The van der Waals surface area contributed by atoms with Gasteiger partial charge in [-0.25, -0.2) is 13.1 Å². The van der Waals surface area contributed by atoms with Crippen molar-refractivity contribution in [3.05, 3.63) is 33.4 Å². The van der Waals surface area contributed by atoms with Gasteiger partial charge in [-0.2, -0.15) is 0 Å². The molecule has 0 radical (unpaired) electrons. The third kappa shape index (κ3) is 4.92. The number of nitrogens with zero attached hydrogens (tertiary/aromatic N) is 1. The van der Waals surface area contributed by atoms with Gasteiger partial charge in [0.15, 0.2) is 4.90 Å². The van der Waals surface area contributed by atoms with Crippen molar-refractivity contribution in [2.24, 2.45) is 5.41 Å². The number of aryl methyl sites for hydroxylation is 2. The number of hydrogen-bond donors (Lipinski definition) is 2. The molecule has 0 atom stereocenters. The van der Waals surface area contributed by atoms with Crippen LogP contribution in [0.5, 0.6) is 0 Å². The monoisotopic (exact) mass is 407 g/mol. The number of piperidine rings is 1. The molecule has 0 saturated carbocycles. The fraction of sp³-hybridized carbons (Fsp3) is 0.625. The van der Waals surface area contributed by atoms with Crippen molar-refractivity contribution in [3.63, 3.8) is 0 Å². The Morgan fingerprint density at radius 1 is 1.27 bits per heavy atom. The molecule has 1 aliphatic heterocycles. The fourth-order valence-electron chi connectivity index (χ4n) is 3.29. The summed E-state index contributed by atoms with van der Waals surface area (Å²) in [7, 11) is -2.42. The highest BCUT2D eigenvalue weighted by molar-refractivity contribution is 7.89. The molecule has 0 amide bonds. The number of nitro groups is 1. The number of benzene rings is 1. The molecule has 0 unspecified atom stereocenters. The predicted octanol–water partition coefficient (Wildman–Crippen LogP) is 1.93. The lowest BCUT2D eigenvalue weighted by Crippen LogP contribution is -2.47. The molecule has 1 heterocycles. The molecule has 0 aromatic heterocycles. The number of nitrogens with one attached hydrogen (secondary N) is 2. The molecular formula is C16H26ClN3O5S. The number of ether oxygens (including phenoxy) is 1. The van der Waals surface area contributed by atoms with Crippen molar-refractivity contribution in [3.8, 4) is 0 Å². The minimum absolute atomic E-state index is 0. The first-order valence-electron chi connectivity index (χ1n) is 8.16. The lowest BCUT2D eigenvalue weighted by molar-refractivity contribution is -0.388. The Kier molecular flexibility index (Phi) is 7.97. The molecule has 1 saturated heterocycles.